The number of rotatable bonds is 5. The van der Waals surface area contributed by atoms with Crippen LogP contribution in [0.5, 0.6) is 0 Å². The molecule has 82 valence electrons. The lowest BCUT2D eigenvalue weighted by Crippen LogP contribution is -2.31. The highest BCUT2D eigenvalue weighted by Gasteiger charge is 2.36. The average Bonchev–Trinajstić information content (AvgIpc) is 2.51. The topological polar surface area (TPSA) is 3.24 Å². The summed E-state index contributed by atoms with van der Waals surface area (Å²) in [6.45, 7) is 13.4. The molecule has 1 atom stereocenters. The van der Waals surface area contributed by atoms with E-state index in [-0.39, 0.29) is 0 Å². The Bertz CT molecular complexity index is 186. The van der Waals surface area contributed by atoms with Crippen LogP contribution in [0.1, 0.15) is 46.5 Å². The van der Waals surface area contributed by atoms with E-state index in [1.165, 1.54) is 38.8 Å². The zero-order chi connectivity index (χ0) is 10.6. The summed E-state index contributed by atoms with van der Waals surface area (Å²) < 4.78 is 0. The third-order valence-electron chi connectivity index (χ3n) is 3.56. The molecule has 0 aromatic carbocycles. The molecule has 0 amide bonds. The molecular weight excluding hydrogens is 170 g/mol. The lowest BCUT2D eigenvalue weighted by molar-refractivity contribution is 0.212. The van der Waals surface area contributed by atoms with Crippen molar-refractivity contribution in [2.75, 3.05) is 13.1 Å². The maximum Gasteiger partial charge on any atom is 0.00441 e. The fourth-order valence-electron chi connectivity index (χ4n) is 2.72. The van der Waals surface area contributed by atoms with Crippen molar-refractivity contribution in [2.45, 2.75) is 52.5 Å². The number of hydrogen-bond acceptors (Lipinski definition) is 1. The number of allylic oxidation sites excluding steroid dienone is 1. The lowest BCUT2D eigenvalue weighted by Gasteiger charge is -2.29. The summed E-state index contributed by atoms with van der Waals surface area (Å²) in [4.78, 5) is 2.61. The van der Waals surface area contributed by atoms with Crippen LogP contribution >= 0.6 is 0 Å². The summed E-state index contributed by atoms with van der Waals surface area (Å²) in [5.74, 6) is 0. The Hall–Kier alpha value is -0.300. The van der Waals surface area contributed by atoms with E-state index in [1.807, 2.05) is 0 Å². The van der Waals surface area contributed by atoms with E-state index < -0.39 is 0 Å². The maximum absolute atomic E-state index is 3.90. The predicted molar refractivity (Wildman–Crippen MR) is 63.5 cm³/mol. The van der Waals surface area contributed by atoms with Gasteiger partial charge in [0, 0.05) is 12.6 Å². The molecule has 0 aromatic rings. The van der Waals surface area contributed by atoms with Gasteiger partial charge in [0.05, 0.1) is 0 Å². The summed E-state index contributed by atoms with van der Waals surface area (Å²) in [5.41, 5.74) is 0.556. The van der Waals surface area contributed by atoms with Gasteiger partial charge < -0.3 is 4.90 Å². The summed E-state index contributed by atoms with van der Waals surface area (Å²) in [5, 5.41) is 0. The number of likely N-dealkylation sites (tertiary alicyclic amines) is 1. The Labute approximate surface area is 89.2 Å². The summed E-state index contributed by atoms with van der Waals surface area (Å²) in [7, 11) is 0. The van der Waals surface area contributed by atoms with Gasteiger partial charge in [-0.15, -0.1) is 6.58 Å². The molecule has 1 nitrogen and oxygen atoms in total. The van der Waals surface area contributed by atoms with Gasteiger partial charge in [-0.3, -0.25) is 0 Å². The fraction of sp³-hybridized carbons (Fsp3) is 0.846. The molecule has 1 heterocycles. The van der Waals surface area contributed by atoms with Crippen LogP contribution < -0.4 is 0 Å². The fourth-order valence-corrected chi connectivity index (χ4v) is 2.72. The number of hydrogen-bond donors (Lipinski definition) is 0. The van der Waals surface area contributed by atoms with Gasteiger partial charge in [-0.05, 0) is 45.1 Å². The first-order chi connectivity index (χ1) is 6.63. The van der Waals surface area contributed by atoms with Crippen molar-refractivity contribution in [3.8, 4) is 0 Å². The first-order valence-corrected chi connectivity index (χ1v) is 5.98. The molecule has 1 aliphatic rings. The Kier molecular flexibility index (Phi) is 4.18. The molecule has 0 radical (unpaired) electrons. The van der Waals surface area contributed by atoms with Crippen LogP contribution in [-0.4, -0.2) is 24.0 Å². The van der Waals surface area contributed by atoms with Crippen molar-refractivity contribution in [1.29, 1.82) is 0 Å². The highest BCUT2D eigenvalue weighted by molar-refractivity contribution is 4.94. The minimum atomic E-state index is 0.556. The van der Waals surface area contributed by atoms with Crippen LogP contribution in [0, 0.1) is 5.41 Å². The van der Waals surface area contributed by atoms with Crippen LogP contribution in [0.4, 0.5) is 0 Å². The Morgan fingerprint density at radius 1 is 1.50 bits per heavy atom. The van der Waals surface area contributed by atoms with E-state index in [4.69, 9.17) is 0 Å². The molecule has 0 aliphatic carbocycles. The molecule has 1 saturated heterocycles. The van der Waals surface area contributed by atoms with Crippen LogP contribution in [0.3, 0.4) is 0 Å². The second kappa shape index (κ2) is 4.97. The van der Waals surface area contributed by atoms with Gasteiger partial charge in [0.25, 0.3) is 0 Å². The molecule has 1 rings (SSSR count). The van der Waals surface area contributed by atoms with Gasteiger partial charge in [-0.2, -0.15) is 0 Å². The molecule has 0 N–H and O–H groups in total. The van der Waals surface area contributed by atoms with Crippen molar-refractivity contribution in [2.24, 2.45) is 5.41 Å². The summed E-state index contributed by atoms with van der Waals surface area (Å²) in [6, 6.07) is 0.707. The molecule has 0 spiro atoms. The smallest absolute Gasteiger partial charge is 0.00441 e. The van der Waals surface area contributed by atoms with Gasteiger partial charge in [-0.25, -0.2) is 0 Å². The monoisotopic (exact) mass is 195 g/mol. The normalized spacial score (nSPS) is 28.6. The van der Waals surface area contributed by atoms with Gasteiger partial charge in [0.15, 0.2) is 0 Å². The predicted octanol–water partition coefficient (Wildman–Crippen LogP) is 3.46. The van der Waals surface area contributed by atoms with Gasteiger partial charge in [-0.1, -0.05) is 19.4 Å². The van der Waals surface area contributed by atoms with Gasteiger partial charge in [0.2, 0.25) is 0 Å². The second-order valence-electron chi connectivity index (χ2n) is 5.06. The molecule has 1 aliphatic heterocycles. The Balaban J connectivity index is 2.58. The molecule has 1 fully saturated rings. The van der Waals surface area contributed by atoms with Gasteiger partial charge in [0.1, 0.15) is 0 Å². The zero-order valence-corrected chi connectivity index (χ0v) is 10.1. The van der Waals surface area contributed by atoms with Crippen molar-refractivity contribution < 1.29 is 0 Å². The minimum absolute atomic E-state index is 0.556. The number of nitrogens with zero attached hydrogens (tertiary/aromatic N) is 1. The third kappa shape index (κ3) is 2.60. The molecule has 0 aromatic heterocycles. The Morgan fingerprint density at radius 3 is 2.64 bits per heavy atom. The second-order valence-corrected chi connectivity index (χ2v) is 5.06. The minimum Gasteiger partial charge on any atom is -0.300 e. The molecule has 14 heavy (non-hydrogen) atoms. The first-order valence-electron chi connectivity index (χ1n) is 5.98. The third-order valence-corrected chi connectivity index (χ3v) is 3.56. The van der Waals surface area contributed by atoms with Crippen LogP contribution in [0.25, 0.3) is 0 Å². The van der Waals surface area contributed by atoms with Crippen LogP contribution in [0.15, 0.2) is 12.7 Å². The SMILES string of the molecule is C=CCC1(CCC)CCN(C(C)C)C1. The average molecular weight is 195 g/mol. The van der Waals surface area contributed by atoms with Crippen molar-refractivity contribution >= 4 is 0 Å². The maximum atomic E-state index is 3.90. The molecule has 1 heteroatoms. The van der Waals surface area contributed by atoms with E-state index in [1.54, 1.807) is 0 Å². The molecule has 1 unspecified atom stereocenters. The van der Waals surface area contributed by atoms with Crippen LogP contribution in [0.2, 0.25) is 0 Å². The molecule has 0 bridgehead atoms. The van der Waals surface area contributed by atoms with E-state index in [9.17, 15) is 0 Å². The quantitative estimate of drug-likeness (QED) is 0.607. The lowest BCUT2D eigenvalue weighted by atomic mass is 9.79. The zero-order valence-electron chi connectivity index (χ0n) is 10.1. The summed E-state index contributed by atoms with van der Waals surface area (Å²) >= 11 is 0. The largest absolute Gasteiger partial charge is 0.300 e. The van der Waals surface area contributed by atoms with Crippen LogP contribution in [-0.2, 0) is 0 Å². The van der Waals surface area contributed by atoms with E-state index in [0.717, 1.165) is 0 Å². The van der Waals surface area contributed by atoms with E-state index in [0.29, 0.717) is 11.5 Å². The van der Waals surface area contributed by atoms with Crippen molar-refractivity contribution in [1.82, 2.24) is 4.90 Å². The highest BCUT2D eigenvalue weighted by atomic mass is 15.2. The molecular formula is C13H25N. The van der Waals surface area contributed by atoms with Gasteiger partial charge >= 0.3 is 0 Å². The first kappa shape index (κ1) is 11.8. The molecule has 0 saturated carbocycles. The standard InChI is InChI=1S/C13H25N/c1-5-7-13(8-6-2)9-10-14(11-13)12(3)4/h5,12H,1,6-11H2,2-4H3. The van der Waals surface area contributed by atoms with Crippen molar-refractivity contribution in [3.63, 3.8) is 0 Å². The van der Waals surface area contributed by atoms with Crippen molar-refractivity contribution in [3.05, 3.63) is 12.7 Å². The van der Waals surface area contributed by atoms with E-state index in [2.05, 4.69) is 38.3 Å². The highest BCUT2D eigenvalue weighted by Crippen LogP contribution is 2.39. The summed E-state index contributed by atoms with van der Waals surface area (Å²) in [6.07, 6.45) is 7.34. The Morgan fingerprint density at radius 2 is 2.21 bits per heavy atom. The van der Waals surface area contributed by atoms with E-state index >= 15 is 0 Å².